The van der Waals surface area contributed by atoms with Gasteiger partial charge in [-0.2, -0.15) is 9.97 Å². The molecule has 258 valence electrons. The quantitative estimate of drug-likeness (QED) is 0.166. The van der Waals surface area contributed by atoms with Crippen molar-refractivity contribution in [3.8, 4) is 51.0 Å². The maximum Gasteiger partial charge on any atom is 0.238 e. The molecule has 1 atom stereocenters. The molecule has 10 aromatic rings. The summed E-state index contributed by atoms with van der Waals surface area (Å²) in [7, 11) is -3.38. The molecule has 0 N–H and O–H groups in total. The van der Waals surface area contributed by atoms with Gasteiger partial charge < -0.3 is 4.57 Å². The number of rotatable bonds is 5. The molecule has 5 nitrogen and oxygen atoms in total. The Hall–Kier alpha value is -6.94. The molecule has 2 aromatic heterocycles. The first-order valence-corrected chi connectivity index (χ1v) is 20.1. The molecule has 0 spiro atoms. The van der Waals surface area contributed by atoms with Crippen molar-refractivity contribution in [3.63, 3.8) is 0 Å². The molecule has 0 bridgehead atoms. The third kappa shape index (κ3) is 4.80. The summed E-state index contributed by atoms with van der Waals surface area (Å²) in [5.41, 5.74) is 7.77. The third-order valence-corrected chi connectivity index (χ3v) is 14.0. The zero-order chi connectivity index (χ0) is 36.5. The summed E-state index contributed by atoms with van der Waals surface area (Å²) >= 11 is 0. The molecule has 0 saturated heterocycles. The standard InChI is InChI=1S/C49H31N4OP/c54-55(37-19-8-3-9-20-37)43-23-13-12-22-39(43)40-29-30-41-44-38-21-11-10-16-34(38)28-31-42(44)53(45(41)46(40)55)49-51-47(35-17-6-2-7-18-35)50-48(52-49)36-26-24-33(25-27-36)32-14-4-1-5-15-32/h1-31H. The van der Waals surface area contributed by atoms with Gasteiger partial charge in [0.2, 0.25) is 5.95 Å². The van der Waals surface area contributed by atoms with Crippen molar-refractivity contribution in [2.45, 2.75) is 0 Å². The van der Waals surface area contributed by atoms with E-state index in [2.05, 4.69) is 108 Å². The number of hydrogen-bond donors (Lipinski definition) is 0. The van der Waals surface area contributed by atoms with Gasteiger partial charge in [-0.25, -0.2) is 4.98 Å². The van der Waals surface area contributed by atoms with Gasteiger partial charge in [0.1, 0.15) is 0 Å². The van der Waals surface area contributed by atoms with Crippen LogP contribution in [-0.4, -0.2) is 19.5 Å². The van der Waals surface area contributed by atoms with E-state index in [4.69, 9.17) is 15.0 Å². The lowest BCUT2D eigenvalue weighted by atomic mass is 10.0. The summed E-state index contributed by atoms with van der Waals surface area (Å²) in [5, 5.41) is 6.78. The first-order valence-electron chi connectivity index (χ1n) is 18.4. The van der Waals surface area contributed by atoms with E-state index in [1.54, 1.807) is 0 Å². The van der Waals surface area contributed by atoms with Crippen LogP contribution >= 0.6 is 7.14 Å². The molecule has 55 heavy (non-hydrogen) atoms. The SMILES string of the molecule is O=P1(c2ccccc2)c2ccccc2-c2ccc3c4c5ccccc5ccc4n(-c4nc(-c5ccccc5)nc(-c5ccc(-c6ccccc6)cc5)n4)c3c21. The fraction of sp³-hybridized carbons (Fsp3) is 0. The van der Waals surface area contributed by atoms with Gasteiger partial charge in [-0.05, 0) is 39.1 Å². The maximum atomic E-state index is 16.3. The molecule has 11 rings (SSSR count). The van der Waals surface area contributed by atoms with Crippen LogP contribution in [0.1, 0.15) is 0 Å². The second-order valence-electron chi connectivity index (χ2n) is 13.9. The summed E-state index contributed by atoms with van der Waals surface area (Å²) in [4.78, 5) is 15.7. The van der Waals surface area contributed by atoms with Gasteiger partial charge in [0.15, 0.2) is 18.8 Å². The molecule has 8 aromatic carbocycles. The van der Waals surface area contributed by atoms with E-state index in [0.29, 0.717) is 17.6 Å². The van der Waals surface area contributed by atoms with E-state index in [9.17, 15) is 0 Å². The van der Waals surface area contributed by atoms with Crippen molar-refractivity contribution >= 4 is 55.6 Å². The number of hydrogen-bond acceptors (Lipinski definition) is 4. The minimum atomic E-state index is -3.38. The zero-order valence-corrected chi connectivity index (χ0v) is 30.4. The predicted octanol–water partition coefficient (Wildman–Crippen LogP) is 10.7. The highest BCUT2D eigenvalue weighted by Gasteiger charge is 2.43. The minimum Gasteiger partial charge on any atom is -0.309 e. The average Bonchev–Trinajstić information content (AvgIpc) is 3.75. The van der Waals surface area contributed by atoms with E-state index >= 15 is 4.57 Å². The lowest BCUT2D eigenvalue weighted by Crippen LogP contribution is -2.22. The van der Waals surface area contributed by atoms with Crippen LogP contribution in [-0.2, 0) is 4.57 Å². The Kier molecular flexibility index (Phi) is 7.07. The summed E-state index contributed by atoms with van der Waals surface area (Å²) in [6, 6.07) is 64.0. The Morgan fingerprint density at radius 3 is 1.76 bits per heavy atom. The molecule has 6 heteroatoms. The normalized spacial score (nSPS) is 14.7. The molecule has 0 fully saturated rings. The molecule has 0 radical (unpaired) electrons. The summed E-state index contributed by atoms with van der Waals surface area (Å²) in [6.45, 7) is 0. The van der Waals surface area contributed by atoms with Crippen LogP contribution in [0.4, 0.5) is 0 Å². The molecular formula is C49H31N4OP. The van der Waals surface area contributed by atoms with Crippen molar-refractivity contribution in [3.05, 3.63) is 188 Å². The molecule has 1 aliphatic heterocycles. The molecule has 0 aliphatic carbocycles. The summed E-state index contributed by atoms with van der Waals surface area (Å²) in [5.74, 6) is 1.59. The van der Waals surface area contributed by atoms with Gasteiger partial charge >= 0.3 is 0 Å². The van der Waals surface area contributed by atoms with Crippen LogP contribution in [0.5, 0.6) is 0 Å². The highest BCUT2D eigenvalue weighted by Crippen LogP contribution is 2.55. The van der Waals surface area contributed by atoms with Gasteiger partial charge in [0, 0.05) is 32.5 Å². The van der Waals surface area contributed by atoms with Crippen LogP contribution in [0.25, 0.3) is 83.6 Å². The van der Waals surface area contributed by atoms with Gasteiger partial charge in [-0.15, -0.1) is 0 Å². The van der Waals surface area contributed by atoms with Crippen LogP contribution in [0.2, 0.25) is 0 Å². The summed E-state index contributed by atoms with van der Waals surface area (Å²) in [6.07, 6.45) is 0. The first-order chi connectivity index (χ1) is 27.2. The summed E-state index contributed by atoms with van der Waals surface area (Å²) < 4.78 is 18.4. The highest BCUT2D eigenvalue weighted by atomic mass is 31.2. The van der Waals surface area contributed by atoms with E-state index in [1.165, 1.54) is 0 Å². The second-order valence-corrected chi connectivity index (χ2v) is 16.6. The van der Waals surface area contributed by atoms with E-state index in [0.717, 1.165) is 81.9 Å². The topological polar surface area (TPSA) is 60.7 Å². The minimum absolute atomic E-state index is 0.468. The Morgan fingerprint density at radius 2 is 1.02 bits per heavy atom. The van der Waals surface area contributed by atoms with Gasteiger partial charge in [-0.1, -0.05) is 182 Å². The fourth-order valence-corrected chi connectivity index (χ4v) is 11.6. The van der Waals surface area contributed by atoms with Gasteiger partial charge in [0.25, 0.3) is 0 Å². The van der Waals surface area contributed by atoms with Gasteiger partial charge in [0.05, 0.1) is 16.3 Å². The molecule has 1 unspecified atom stereocenters. The third-order valence-electron chi connectivity index (χ3n) is 10.9. The maximum absolute atomic E-state index is 16.3. The van der Waals surface area contributed by atoms with Crippen LogP contribution < -0.4 is 15.9 Å². The van der Waals surface area contributed by atoms with Crippen LogP contribution in [0.3, 0.4) is 0 Å². The molecule has 3 heterocycles. The van der Waals surface area contributed by atoms with Crippen molar-refractivity contribution in [1.29, 1.82) is 0 Å². The molecule has 0 amide bonds. The average molecular weight is 723 g/mol. The number of nitrogens with zero attached hydrogens (tertiary/aromatic N) is 4. The second kappa shape index (κ2) is 12.3. The van der Waals surface area contributed by atoms with E-state index in [-0.39, 0.29) is 0 Å². The first kappa shape index (κ1) is 31.6. The highest BCUT2D eigenvalue weighted by molar-refractivity contribution is 7.86. The lowest BCUT2D eigenvalue weighted by Gasteiger charge is -2.18. The van der Waals surface area contributed by atoms with E-state index < -0.39 is 7.14 Å². The Labute approximate surface area is 317 Å². The lowest BCUT2D eigenvalue weighted by molar-refractivity contribution is 0.593. The molecule has 0 saturated carbocycles. The molecule has 1 aliphatic rings. The largest absolute Gasteiger partial charge is 0.309 e. The van der Waals surface area contributed by atoms with Crippen molar-refractivity contribution in [2.75, 3.05) is 0 Å². The van der Waals surface area contributed by atoms with E-state index in [1.807, 2.05) is 84.9 Å². The Bertz CT molecular complexity index is 3160. The van der Waals surface area contributed by atoms with Crippen molar-refractivity contribution in [1.82, 2.24) is 19.5 Å². The molecular weight excluding hydrogens is 692 g/mol. The predicted molar refractivity (Wildman–Crippen MR) is 226 cm³/mol. The van der Waals surface area contributed by atoms with Crippen LogP contribution in [0, 0.1) is 0 Å². The Morgan fingerprint density at radius 1 is 0.436 bits per heavy atom. The van der Waals surface area contributed by atoms with Crippen molar-refractivity contribution < 1.29 is 4.57 Å². The number of aromatic nitrogens is 4. The smallest absolute Gasteiger partial charge is 0.238 e. The Balaban J connectivity index is 1.26. The van der Waals surface area contributed by atoms with Crippen molar-refractivity contribution in [2.24, 2.45) is 0 Å². The van der Waals surface area contributed by atoms with Crippen LogP contribution in [0.15, 0.2) is 188 Å². The fourth-order valence-electron chi connectivity index (χ4n) is 8.36. The van der Waals surface area contributed by atoms with Gasteiger partial charge in [-0.3, -0.25) is 4.57 Å². The zero-order valence-electron chi connectivity index (χ0n) is 29.5. The number of benzene rings is 8. The number of fused-ring (bicyclic) bond motifs is 9. The monoisotopic (exact) mass is 722 g/mol.